The van der Waals surface area contributed by atoms with E-state index in [4.69, 9.17) is 11.6 Å². The van der Waals surface area contributed by atoms with Crippen LogP contribution >= 0.6 is 22.9 Å². The Kier molecular flexibility index (Phi) is 7.56. The molecule has 1 atom stereocenters. The van der Waals surface area contributed by atoms with Crippen molar-refractivity contribution < 1.29 is 14.5 Å². The van der Waals surface area contributed by atoms with Crippen LogP contribution in [0, 0.1) is 10.1 Å². The summed E-state index contributed by atoms with van der Waals surface area (Å²) in [7, 11) is 0. The van der Waals surface area contributed by atoms with Crippen molar-refractivity contribution in [1.29, 1.82) is 0 Å². The first-order valence-corrected chi connectivity index (χ1v) is 12.1. The largest absolute Gasteiger partial charge is 0.350 e. The van der Waals surface area contributed by atoms with Crippen LogP contribution in [-0.4, -0.2) is 41.3 Å². The average molecular weight is 499 g/mol. The third kappa shape index (κ3) is 5.44. The first-order chi connectivity index (χ1) is 16.4. The van der Waals surface area contributed by atoms with Crippen LogP contribution in [0.5, 0.6) is 0 Å². The van der Waals surface area contributed by atoms with E-state index in [9.17, 15) is 19.7 Å². The number of carbonyl (C=O) groups is 2. The fourth-order valence-electron chi connectivity index (χ4n) is 4.01. The second-order valence-electron chi connectivity index (χ2n) is 7.91. The highest BCUT2D eigenvalue weighted by molar-refractivity contribution is 7.10. The third-order valence-corrected chi connectivity index (χ3v) is 7.02. The number of nitrogens with zero attached hydrogens (tertiary/aromatic N) is 2. The molecule has 34 heavy (non-hydrogen) atoms. The monoisotopic (exact) mass is 498 g/mol. The smallest absolute Gasteiger partial charge is 0.270 e. The number of benzene rings is 2. The van der Waals surface area contributed by atoms with Gasteiger partial charge in [0.25, 0.3) is 17.5 Å². The maximum atomic E-state index is 13.1. The number of rotatable bonds is 8. The SMILES string of the molecule is O=C(Nc1ccccc1C(=O)NCC(c1cccs1)N1CCCC1)c1ccc([N+](=O)[O-])cc1Cl. The van der Waals surface area contributed by atoms with Crippen molar-refractivity contribution in [1.82, 2.24) is 10.2 Å². The molecule has 4 rings (SSSR count). The summed E-state index contributed by atoms with van der Waals surface area (Å²) in [6.45, 7) is 2.46. The maximum absolute atomic E-state index is 13.1. The van der Waals surface area contributed by atoms with E-state index in [1.807, 2.05) is 11.4 Å². The van der Waals surface area contributed by atoms with Gasteiger partial charge in [-0.2, -0.15) is 0 Å². The van der Waals surface area contributed by atoms with E-state index in [-0.39, 0.29) is 28.2 Å². The molecule has 2 N–H and O–H groups in total. The highest BCUT2D eigenvalue weighted by Crippen LogP contribution is 2.28. The molecule has 1 saturated heterocycles. The van der Waals surface area contributed by atoms with Crippen LogP contribution in [0.3, 0.4) is 0 Å². The van der Waals surface area contributed by atoms with Gasteiger partial charge in [0.2, 0.25) is 0 Å². The first-order valence-electron chi connectivity index (χ1n) is 10.8. The number of carbonyl (C=O) groups excluding carboxylic acids is 2. The van der Waals surface area contributed by atoms with Crippen LogP contribution in [0.4, 0.5) is 11.4 Å². The van der Waals surface area contributed by atoms with Crippen molar-refractivity contribution >= 4 is 46.1 Å². The van der Waals surface area contributed by atoms with Crippen LogP contribution in [0.2, 0.25) is 5.02 Å². The maximum Gasteiger partial charge on any atom is 0.270 e. The van der Waals surface area contributed by atoms with Gasteiger partial charge < -0.3 is 10.6 Å². The van der Waals surface area contributed by atoms with E-state index in [2.05, 4.69) is 21.6 Å². The summed E-state index contributed by atoms with van der Waals surface area (Å²) in [5.74, 6) is -0.861. The van der Waals surface area contributed by atoms with Crippen molar-refractivity contribution in [2.45, 2.75) is 18.9 Å². The van der Waals surface area contributed by atoms with Gasteiger partial charge in [-0.25, -0.2) is 0 Å². The van der Waals surface area contributed by atoms with Gasteiger partial charge in [0.05, 0.1) is 32.8 Å². The number of para-hydroxylation sites is 1. The zero-order valence-corrected chi connectivity index (χ0v) is 19.8. The summed E-state index contributed by atoms with van der Waals surface area (Å²) >= 11 is 7.76. The summed E-state index contributed by atoms with van der Waals surface area (Å²) in [6, 6.07) is 14.5. The Morgan fingerprint density at radius 2 is 1.82 bits per heavy atom. The molecule has 2 heterocycles. The number of amides is 2. The lowest BCUT2D eigenvalue weighted by molar-refractivity contribution is -0.384. The zero-order chi connectivity index (χ0) is 24.1. The Labute approximate surface area is 205 Å². The van der Waals surface area contributed by atoms with Crippen LogP contribution in [-0.2, 0) is 0 Å². The van der Waals surface area contributed by atoms with Gasteiger partial charge in [-0.3, -0.25) is 24.6 Å². The summed E-state index contributed by atoms with van der Waals surface area (Å²) in [6.07, 6.45) is 2.30. The van der Waals surface area contributed by atoms with E-state index in [0.29, 0.717) is 17.8 Å². The van der Waals surface area contributed by atoms with Crippen molar-refractivity contribution in [2.24, 2.45) is 0 Å². The van der Waals surface area contributed by atoms with Gasteiger partial charge in [-0.15, -0.1) is 11.3 Å². The highest BCUT2D eigenvalue weighted by atomic mass is 35.5. The molecular weight excluding hydrogens is 476 g/mol. The number of hydrogen-bond donors (Lipinski definition) is 2. The molecule has 10 heteroatoms. The van der Waals surface area contributed by atoms with Crippen LogP contribution in [0.1, 0.15) is 44.5 Å². The van der Waals surface area contributed by atoms with E-state index in [1.54, 1.807) is 35.6 Å². The Balaban J connectivity index is 1.48. The molecule has 1 unspecified atom stereocenters. The van der Waals surface area contributed by atoms with Crippen LogP contribution in [0.25, 0.3) is 0 Å². The van der Waals surface area contributed by atoms with Gasteiger partial charge in [-0.05, 0) is 55.6 Å². The number of anilines is 1. The predicted octanol–water partition coefficient (Wildman–Crippen LogP) is 5.13. The molecular formula is C24H23ClN4O4S. The molecule has 0 spiro atoms. The number of hydrogen-bond acceptors (Lipinski definition) is 6. The lowest BCUT2D eigenvalue weighted by atomic mass is 10.1. The molecule has 0 bridgehead atoms. The number of nitro groups is 1. The van der Waals surface area contributed by atoms with Gasteiger partial charge in [0.15, 0.2) is 0 Å². The van der Waals surface area contributed by atoms with Crippen molar-refractivity contribution in [3.05, 3.63) is 91.1 Å². The number of likely N-dealkylation sites (tertiary alicyclic amines) is 1. The summed E-state index contributed by atoms with van der Waals surface area (Å²) < 4.78 is 0. The molecule has 2 aromatic carbocycles. The number of thiophene rings is 1. The Hall–Kier alpha value is -3.27. The van der Waals surface area contributed by atoms with Gasteiger partial charge in [-0.1, -0.05) is 29.8 Å². The molecule has 0 aliphatic carbocycles. The zero-order valence-electron chi connectivity index (χ0n) is 18.2. The van der Waals surface area contributed by atoms with Gasteiger partial charge >= 0.3 is 0 Å². The summed E-state index contributed by atoms with van der Waals surface area (Å²) in [5, 5.41) is 18.6. The second kappa shape index (κ2) is 10.8. The minimum absolute atomic E-state index is 0.0435. The van der Waals surface area contributed by atoms with Crippen LogP contribution in [0.15, 0.2) is 60.0 Å². The van der Waals surface area contributed by atoms with Crippen LogP contribution < -0.4 is 10.6 Å². The molecule has 176 valence electrons. The number of nitrogens with one attached hydrogen (secondary N) is 2. The number of non-ortho nitro benzene ring substituents is 1. The van der Waals surface area contributed by atoms with Gasteiger partial charge in [0, 0.05) is 23.6 Å². The Morgan fingerprint density at radius 1 is 1.06 bits per heavy atom. The minimum atomic E-state index is -0.585. The minimum Gasteiger partial charge on any atom is -0.350 e. The Morgan fingerprint density at radius 3 is 2.50 bits per heavy atom. The average Bonchev–Trinajstić information content (AvgIpc) is 3.54. The van der Waals surface area contributed by atoms with Crippen molar-refractivity contribution in [3.8, 4) is 0 Å². The molecule has 0 saturated carbocycles. The normalized spacial score (nSPS) is 14.5. The van der Waals surface area contributed by atoms with Crippen molar-refractivity contribution in [2.75, 3.05) is 25.0 Å². The standard InChI is InChI=1S/C24H23ClN4O4S/c25-19-14-16(29(32)33)9-10-17(19)24(31)27-20-7-2-1-6-18(20)23(30)26-15-21(22-8-5-13-34-22)28-11-3-4-12-28/h1-2,5-10,13-14,21H,3-4,11-12,15H2,(H,26,30)(H,27,31). The first kappa shape index (κ1) is 23.9. The van der Waals surface area contributed by atoms with Gasteiger partial charge in [0.1, 0.15) is 0 Å². The topological polar surface area (TPSA) is 105 Å². The van der Waals surface area contributed by atoms with E-state index in [1.165, 1.54) is 17.0 Å². The molecule has 8 nitrogen and oxygen atoms in total. The molecule has 1 aliphatic rings. The molecule has 1 aliphatic heterocycles. The lowest BCUT2D eigenvalue weighted by Gasteiger charge is -2.27. The molecule has 1 aromatic heterocycles. The molecule has 2 amide bonds. The highest BCUT2D eigenvalue weighted by Gasteiger charge is 2.25. The van der Waals surface area contributed by atoms with E-state index < -0.39 is 10.8 Å². The molecule has 3 aromatic rings. The second-order valence-corrected chi connectivity index (χ2v) is 9.29. The quantitative estimate of drug-likeness (QED) is 0.331. The number of nitro benzene ring substituents is 1. The fourth-order valence-corrected chi connectivity index (χ4v) is 5.13. The summed E-state index contributed by atoms with van der Waals surface area (Å²) in [5.41, 5.74) is 0.516. The molecule has 1 fully saturated rings. The third-order valence-electron chi connectivity index (χ3n) is 5.74. The van der Waals surface area contributed by atoms with E-state index in [0.717, 1.165) is 32.0 Å². The summed E-state index contributed by atoms with van der Waals surface area (Å²) in [4.78, 5) is 39.8. The lowest BCUT2D eigenvalue weighted by Crippen LogP contribution is -2.36. The van der Waals surface area contributed by atoms with Crippen molar-refractivity contribution in [3.63, 3.8) is 0 Å². The molecule has 0 radical (unpaired) electrons. The number of halogens is 1. The predicted molar refractivity (Wildman–Crippen MR) is 133 cm³/mol. The Bertz CT molecular complexity index is 1200. The fraction of sp³-hybridized carbons (Fsp3) is 0.250. The van der Waals surface area contributed by atoms with E-state index >= 15 is 0 Å².